The predicted molar refractivity (Wildman–Crippen MR) is 79.0 cm³/mol. The largest absolute Gasteiger partial charge is 0.451 e. The zero-order valence-electron chi connectivity index (χ0n) is 11.3. The van der Waals surface area contributed by atoms with Gasteiger partial charge in [0, 0.05) is 23.5 Å². The van der Waals surface area contributed by atoms with Crippen molar-refractivity contribution in [3.63, 3.8) is 0 Å². The average molecular weight is 307 g/mol. The molecule has 1 aromatic carbocycles. The van der Waals surface area contributed by atoms with Crippen LogP contribution >= 0.6 is 11.6 Å². The van der Waals surface area contributed by atoms with Crippen molar-refractivity contribution in [2.45, 2.75) is 12.8 Å². The molecule has 1 aromatic heterocycles. The second-order valence-electron chi connectivity index (χ2n) is 5.29. The summed E-state index contributed by atoms with van der Waals surface area (Å²) in [5.74, 6) is -0.587. The van der Waals surface area contributed by atoms with E-state index in [4.69, 9.17) is 21.8 Å². The summed E-state index contributed by atoms with van der Waals surface area (Å²) in [7, 11) is 0. The number of furan rings is 1. The van der Waals surface area contributed by atoms with Crippen LogP contribution in [0.15, 0.2) is 28.7 Å². The predicted octanol–water partition coefficient (Wildman–Crippen LogP) is 2.42. The second kappa shape index (κ2) is 5.41. The highest BCUT2D eigenvalue weighted by Gasteiger charge is 2.29. The molecule has 2 aromatic rings. The van der Waals surface area contributed by atoms with Crippen molar-refractivity contribution in [1.82, 2.24) is 4.90 Å². The van der Waals surface area contributed by atoms with Crippen LogP contribution in [-0.4, -0.2) is 29.8 Å². The Morgan fingerprint density at radius 3 is 2.90 bits per heavy atom. The first kappa shape index (κ1) is 13.9. The van der Waals surface area contributed by atoms with Crippen LogP contribution in [0, 0.1) is 5.92 Å². The lowest BCUT2D eigenvalue weighted by atomic mass is 9.97. The molecule has 2 heterocycles. The maximum absolute atomic E-state index is 12.5. The van der Waals surface area contributed by atoms with E-state index in [0.717, 1.165) is 18.2 Å². The Labute approximate surface area is 126 Å². The van der Waals surface area contributed by atoms with Crippen LogP contribution in [0.5, 0.6) is 0 Å². The monoisotopic (exact) mass is 306 g/mol. The van der Waals surface area contributed by atoms with Crippen LogP contribution in [0.1, 0.15) is 23.4 Å². The summed E-state index contributed by atoms with van der Waals surface area (Å²) in [4.78, 5) is 25.4. The van der Waals surface area contributed by atoms with Crippen molar-refractivity contribution < 1.29 is 14.0 Å². The van der Waals surface area contributed by atoms with Gasteiger partial charge in [0.25, 0.3) is 5.91 Å². The van der Waals surface area contributed by atoms with Gasteiger partial charge < -0.3 is 15.1 Å². The molecular weight excluding hydrogens is 292 g/mol. The van der Waals surface area contributed by atoms with Crippen molar-refractivity contribution >= 4 is 34.4 Å². The Morgan fingerprint density at radius 2 is 2.14 bits per heavy atom. The van der Waals surface area contributed by atoms with E-state index in [-0.39, 0.29) is 23.5 Å². The maximum Gasteiger partial charge on any atom is 0.289 e. The van der Waals surface area contributed by atoms with Crippen molar-refractivity contribution in [3.05, 3.63) is 35.0 Å². The van der Waals surface area contributed by atoms with E-state index in [9.17, 15) is 9.59 Å². The molecule has 0 saturated carbocycles. The van der Waals surface area contributed by atoms with Crippen LogP contribution in [0.4, 0.5) is 0 Å². The van der Waals surface area contributed by atoms with Gasteiger partial charge in [-0.1, -0.05) is 11.6 Å². The number of rotatable bonds is 2. The highest BCUT2D eigenvalue weighted by molar-refractivity contribution is 6.31. The van der Waals surface area contributed by atoms with E-state index in [1.165, 1.54) is 0 Å². The molecule has 110 valence electrons. The molecular formula is C15H15ClN2O3. The van der Waals surface area contributed by atoms with E-state index in [0.29, 0.717) is 23.7 Å². The quantitative estimate of drug-likeness (QED) is 0.925. The van der Waals surface area contributed by atoms with Crippen molar-refractivity contribution in [3.8, 4) is 0 Å². The summed E-state index contributed by atoms with van der Waals surface area (Å²) >= 11 is 5.92. The van der Waals surface area contributed by atoms with Gasteiger partial charge in [-0.25, -0.2) is 0 Å². The molecule has 1 atom stereocenters. The van der Waals surface area contributed by atoms with Gasteiger partial charge in [0.15, 0.2) is 5.76 Å². The van der Waals surface area contributed by atoms with Crippen LogP contribution < -0.4 is 5.73 Å². The van der Waals surface area contributed by atoms with Gasteiger partial charge in [-0.3, -0.25) is 9.59 Å². The SMILES string of the molecule is NC(=O)C1CCCN(C(=O)c2cc3cc(Cl)ccc3o2)C1. The number of hydrogen-bond acceptors (Lipinski definition) is 3. The Bertz CT molecular complexity index is 710. The van der Waals surface area contributed by atoms with E-state index < -0.39 is 0 Å². The van der Waals surface area contributed by atoms with Crippen molar-refractivity contribution in [2.24, 2.45) is 11.7 Å². The lowest BCUT2D eigenvalue weighted by Crippen LogP contribution is -2.44. The first-order valence-corrected chi connectivity index (χ1v) is 7.20. The number of primary amides is 1. The number of fused-ring (bicyclic) bond motifs is 1. The molecule has 0 radical (unpaired) electrons. The fourth-order valence-electron chi connectivity index (χ4n) is 2.67. The Hall–Kier alpha value is -2.01. The molecule has 1 saturated heterocycles. The van der Waals surface area contributed by atoms with E-state index in [1.54, 1.807) is 29.2 Å². The number of piperidine rings is 1. The maximum atomic E-state index is 12.5. The standard InChI is InChI=1S/C15H15ClN2O3/c16-11-3-4-12-10(6-11)7-13(21-12)15(20)18-5-1-2-9(8-18)14(17)19/h3-4,6-7,9H,1-2,5,8H2,(H2,17,19). The topological polar surface area (TPSA) is 76.5 Å². The van der Waals surface area contributed by atoms with Crippen molar-refractivity contribution in [1.29, 1.82) is 0 Å². The molecule has 2 amide bonds. The number of amides is 2. The Kier molecular flexibility index (Phi) is 3.59. The Balaban J connectivity index is 1.84. The van der Waals surface area contributed by atoms with Gasteiger partial charge in [-0.05, 0) is 37.1 Å². The third-order valence-electron chi connectivity index (χ3n) is 3.80. The summed E-state index contributed by atoms with van der Waals surface area (Å²) in [5.41, 5.74) is 5.95. The van der Waals surface area contributed by atoms with Crippen molar-refractivity contribution in [2.75, 3.05) is 13.1 Å². The summed E-state index contributed by atoms with van der Waals surface area (Å²) in [6.45, 7) is 0.965. The number of benzene rings is 1. The number of nitrogens with zero attached hydrogens (tertiary/aromatic N) is 1. The van der Waals surface area contributed by atoms with E-state index in [2.05, 4.69) is 0 Å². The molecule has 21 heavy (non-hydrogen) atoms. The molecule has 0 aliphatic carbocycles. The number of halogens is 1. The molecule has 6 heteroatoms. The molecule has 5 nitrogen and oxygen atoms in total. The first-order valence-electron chi connectivity index (χ1n) is 6.82. The fraction of sp³-hybridized carbons (Fsp3) is 0.333. The minimum absolute atomic E-state index is 0.215. The van der Waals surface area contributed by atoms with Gasteiger partial charge in [0.05, 0.1) is 5.92 Å². The fourth-order valence-corrected chi connectivity index (χ4v) is 2.85. The summed E-state index contributed by atoms with van der Waals surface area (Å²) < 4.78 is 5.57. The third-order valence-corrected chi connectivity index (χ3v) is 4.04. The van der Waals surface area contributed by atoms with Crippen LogP contribution in [0.3, 0.4) is 0 Å². The lowest BCUT2D eigenvalue weighted by molar-refractivity contribution is -0.123. The van der Waals surface area contributed by atoms with Gasteiger partial charge in [-0.2, -0.15) is 0 Å². The molecule has 3 rings (SSSR count). The lowest BCUT2D eigenvalue weighted by Gasteiger charge is -2.30. The van der Waals surface area contributed by atoms with Gasteiger partial charge in [-0.15, -0.1) is 0 Å². The van der Waals surface area contributed by atoms with Gasteiger partial charge >= 0.3 is 0 Å². The smallest absolute Gasteiger partial charge is 0.289 e. The third kappa shape index (κ3) is 2.74. The number of hydrogen-bond donors (Lipinski definition) is 1. The summed E-state index contributed by atoms with van der Waals surface area (Å²) in [6.07, 6.45) is 1.50. The van der Waals surface area contributed by atoms with Gasteiger partial charge in [0.1, 0.15) is 5.58 Å². The summed E-state index contributed by atoms with van der Waals surface area (Å²) in [5, 5.41) is 1.38. The van der Waals surface area contributed by atoms with E-state index >= 15 is 0 Å². The van der Waals surface area contributed by atoms with E-state index in [1.807, 2.05) is 0 Å². The Morgan fingerprint density at radius 1 is 1.33 bits per heavy atom. The molecule has 1 fully saturated rings. The highest BCUT2D eigenvalue weighted by atomic mass is 35.5. The number of carbonyl (C=O) groups is 2. The second-order valence-corrected chi connectivity index (χ2v) is 5.72. The zero-order valence-corrected chi connectivity index (χ0v) is 12.1. The minimum atomic E-state index is -0.358. The molecule has 0 spiro atoms. The van der Waals surface area contributed by atoms with Gasteiger partial charge in [0.2, 0.25) is 5.91 Å². The van der Waals surface area contributed by atoms with Crippen LogP contribution in [0.25, 0.3) is 11.0 Å². The average Bonchev–Trinajstić information content (AvgIpc) is 2.89. The zero-order chi connectivity index (χ0) is 15.0. The number of likely N-dealkylation sites (tertiary alicyclic amines) is 1. The highest BCUT2D eigenvalue weighted by Crippen LogP contribution is 2.25. The number of nitrogens with two attached hydrogens (primary N) is 1. The molecule has 2 N–H and O–H groups in total. The molecule has 1 aliphatic heterocycles. The molecule has 0 bridgehead atoms. The number of carbonyl (C=O) groups excluding carboxylic acids is 2. The normalized spacial score (nSPS) is 18.9. The molecule has 1 unspecified atom stereocenters. The van der Waals surface area contributed by atoms with Crippen LogP contribution in [-0.2, 0) is 4.79 Å². The molecule has 1 aliphatic rings. The minimum Gasteiger partial charge on any atom is -0.451 e. The van der Waals surface area contributed by atoms with Crippen LogP contribution in [0.2, 0.25) is 5.02 Å². The summed E-state index contributed by atoms with van der Waals surface area (Å²) in [6, 6.07) is 6.87. The first-order chi connectivity index (χ1) is 10.0.